The summed E-state index contributed by atoms with van der Waals surface area (Å²) in [6.07, 6.45) is 6.90. The lowest BCUT2D eigenvalue weighted by atomic mass is 10.1. The predicted octanol–water partition coefficient (Wildman–Crippen LogP) is 5.04. The molecule has 0 aliphatic heterocycles. The highest BCUT2D eigenvalue weighted by Crippen LogP contribution is 2.22. The van der Waals surface area contributed by atoms with Crippen LogP contribution in [0.5, 0.6) is 0 Å². The number of hydrogen-bond acceptors (Lipinski definition) is 4. The zero-order valence-electron chi connectivity index (χ0n) is 16.6. The van der Waals surface area contributed by atoms with Gasteiger partial charge in [0.2, 0.25) is 0 Å². The monoisotopic (exact) mass is 417 g/mol. The summed E-state index contributed by atoms with van der Waals surface area (Å²) < 4.78 is 1.29. The van der Waals surface area contributed by atoms with Crippen molar-refractivity contribution in [3.8, 4) is 22.4 Å². The number of aryl methyl sites for hydroxylation is 2. The van der Waals surface area contributed by atoms with E-state index in [4.69, 9.17) is 11.6 Å². The van der Waals surface area contributed by atoms with Crippen LogP contribution in [0.15, 0.2) is 67.3 Å². The highest BCUT2D eigenvalue weighted by molar-refractivity contribution is 6.30. The predicted molar refractivity (Wildman–Crippen MR) is 117 cm³/mol. The van der Waals surface area contributed by atoms with Gasteiger partial charge in [-0.2, -0.15) is 9.78 Å². The van der Waals surface area contributed by atoms with Gasteiger partial charge in [-0.05, 0) is 54.8 Å². The molecule has 0 radical (unpaired) electrons. The van der Waals surface area contributed by atoms with E-state index in [-0.39, 0.29) is 6.03 Å². The fraction of sp³-hybridized carbons (Fsp3) is 0.130. The van der Waals surface area contributed by atoms with Crippen LogP contribution in [-0.2, 0) is 6.54 Å². The van der Waals surface area contributed by atoms with Crippen molar-refractivity contribution in [3.63, 3.8) is 0 Å². The molecule has 0 atom stereocenters. The first-order valence-corrected chi connectivity index (χ1v) is 9.85. The number of nitrogens with one attached hydrogen (secondary N) is 1. The number of carbonyl (C=O) groups is 1. The quantitative estimate of drug-likeness (QED) is 0.505. The molecule has 4 rings (SSSR count). The molecule has 0 bridgehead atoms. The maximum atomic E-state index is 12.5. The smallest absolute Gasteiger partial charge is 0.332 e. The molecule has 30 heavy (non-hydrogen) atoms. The third kappa shape index (κ3) is 4.39. The first-order valence-electron chi connectivity index (χ1n) is 9.47. The summed E-state index contributed by atoms with van der Waals surface area (Å²) in [6.45, 7) is 4.32. The zero-order chi connectivity index (χ0) is 21.1. The van der Waals surface area contributed by atoms with E-state index in [1.165, 1.54) is 4.68 Å². The van der Waals surface area contributed by atoms with Crippen LogP contribution in [0.1, 0.15) is 16.8 Å². The van der Waals surface area contributed by atoms with Gasteiger partial charge in [0.25, 0.3) is 0 Å². The van der Waals surface area contributed by atoms with E-state index in [9.17, 15) is 4.79 Å². The molecule has 0 saturated heterocycles. The number of nitrogens with zero attached hydrogens (tertiary/aromatic N) is 4. The highest BCUT2D eigenvalue weighted by Gasteiger charge is 2.10. The van der Waals surface area contributed by atoms with Gasteiger partial charge in [0.05, 0.1) is 11.9 Å². The van der Waals surface area contributed by atoms with Gasteiger partial charge in [-0.1, -0.05) is 29.8 Å². The Morgan fingerprint density at radius 3 is 2.53 bits per heavy atom. The molecular formula is C23H20ClN5O. The van der Waals surface area contributed by atoms with Gasteiger partial charge in [0.15, 0.2) is 0 Å². The molecule has 0 fully saturated rings. The zero-order valence-corrected chi connectivity index (χ0v) is 17.4. The molecule has 1 N–H and O–H groups in total. The first-order chi connectivity index (χ1) is 14.5. The highest BCUT2D eigenvalue weighted by atomic mass is 35.5. The standard InChI is InChI=1S/C23H20ClN5O/c1-15-9-17(11-26-22(15)19-7-8-25-16(2)10-19)12-27-23(30)29-14-20(13-28-29)18-3-5-21(24)6-4-18/h3-11,13-14H,12H2,1-2H3,(H,27,30). The van der Waals surface area contributed by atoms with Crippen LogP contribution < -0.4 is 5.32 Å². The van der Waals surface area contributed by atoms with Gasteiger partial charge in [-0.3, -0.25) is 9.97 Å². The number of amides is 1. The van der Waals surface area contributed by atoms with Gasteiger partial charge < -0.3 is 5.32 Å². The molecule has 150 valence electrons. The fourth-order valence-electron chi connectivity index (χ4n) is 3.21. The number of hydrogen-bond donors (Lipinski definition) is 1. The van der Waals surface area contributed by atoms with Gasteiger partial charge in [0.1, 0.15) is 0 Å². The summed E-state index contributed by atoms with van der Waals surface area (Å²) >= 11 is 5.92. The van der Waals surface area contributed by atoms with Crippen molar-refractivity contribution in [3.05, 3.63) is 89.1 Å². The molecule has 0 aliphatic carbocycles. The molecule has 3 heterocycles. The molecule has 6 nitrogen and oxygen atoms in total. The van der Waals surface area contributed by atoms with E-state index in [1.54, 1.807) is 36.9 Å². The molecule has 3 aromatic heterocycles. The lowest BCUT2D eigenvalue weighted by Crippen LogP contribution is -2.28. The van der Waals surface area contributed by atoms with E-state index >= 15 is 0 Å². The summed E-state index contributed by atoms with van der Waals surface area (Å²) in [6, 6.07) is 13.1. The van der Waals surface area contributed by atoms with Gasteiger partial charge in [-0.25, -0.2) is 4.79 Å². The van der Waals surface area contributed by atoms with E-state index in [0.717, 1.165) is 39.2 Å². The van der Waals surface area contributed by atoms with Crippen LogP contribution in [0, 0.1) is 13.8 Å². The average molecular weight is 418 g/mol. The second-order valence-corrected chi connectivity index (χ2v) is 7.47. The summed E-state index contributed by atoms with van der Waals surface area (Å²) in [5, 5.41) is 7.70. The van der Waals surface area contributed by atoms with Crippen molar-refractivity contribution in [2.45, 2.75) is 20.4 Å². The van der Waals surface area contributed by atoms with Crippen LogP contribution in [0.25, 0.3) is 22.4 Å². The van der Waals surface area contributed by atoms with E-state index in [2.05, 4.69) is 20.4 Å². The summed E-state index contributed by atoms with van der Waals surface area (Å²) in [4.78, 5) is 21.3. The maximum absolute atomic E-state index is 12.5. The summed E-state index contributed by atoms with van der Waals surface area (Å²) in [5.41, 5.74) is 6.63. The largest absolute Gasteiger partial charge is 0.342 e. The maximum Gasteiger partial charge on any atom is 0.342 e. The summed E-state index contributed by atoms with van der Waals surface area (Å²) in [5.74, 6) is 0. The minimum absolute atomic E-state index is 0.304. The second-order valence-electron chi connectivity index (χ2n) is 7.03. The molecule has 1 aromatic carbocycles. The Bertz CT molecular complexity index is 1200. The second kappa shape index (κ2) is 8.47. The summed E-state index contributed by atoms with van der Waals surface area (Å²) in [7, 11) is 0. The lowest BCUT2D eigenvalue weighted by molar-refractivity contribution is 0.239. The van der Waals surface area contributed by atoms with Gasteiger partial charge in [0, 0.05) is 47.0 Å². The molecule has 7 heteroatoms. The molecular weight excluding hydrogens is 398 g/mol. The van der Waals surface area contributed by atoms with Crippen LogP contribution in [0.4, 0.5) is 4.79 Å². The molecule has 0 saturated carbocycles. The van der Waals surface area contributed by atoms with E-state index in [0.29, 0.717) is 11.6 Å². The van der Waals surface area contributed by atoms with Crippen LogP contribution >= 0.6 is 11.6 Å². The average Bonchev–Trinajstić information content (AvgIpc) is 3.23. The number of benzene rings is 1. The number of halogens is 1. The molecule has 0 unspecified atom stereocenters. The van der Waals surface area contributed by atoms with Gasteiger partial charge >= 0.3 is 6.03 Å². The Kier molecular flexibility index (Phi) is 5.59. The van der Waals surface area contributed by atoms with Crippen LogP contribution in [0.3, 0.4) is 0 Å². The number of rotatable bonds is 4. The Morgan fingerprint density at radius 1 is 1.00 bits per heavy atom. The Hall–Kier alpha value is -3.51. The SMILES string of the molecule is Cc1cc(-c2ncc(CNC(=O)n3cc(-c4ccc(Cl)cc4)cn3)cc2C)ccn1. The number of pyridine rings is 2. The Labute approximate surface area is 179 Å². The van der Waals surface area contributed by atoms with Crippen molar-refractivity contribution in [1.29, 1.82) is 0 Å². The minimum atomic E-state index is -0.304. The molecule has 4 aromatic rings. The van der Waals surface area contributed by atoms with E-state index in [1.807, 2.05) is 44.2 Å². The van der Waals surface area contributed by atoms with Crippen molar-refractivity contribution >= 4 is 17.6 Å². The van der Waals surface area contributed by atoms with E-state index < -0.39 is 0 Å². The normalized spacial score (nSPS) is 10.8. The van der Waals surface area contributed by atoms with Crippen molar-refractivity contribution in [1.82, 2.24) is 25.1 Å². The van der Waals surface area contributed by atoms with Crippen molar-refractivity contribution in [2.24, 2.45) is 0 Å². The number of carbonyl (C=O) groups excluding carboxylic acids is 1. The lowest BCUT2D eigenvalue weighted by Gasteiger charge is -2.09. The molecule has 1 amide bonds. The Balaban J connectivity index is 1.43. The number of aromatic nitrogens is 4. The first kappa shape index (κ1) is 19.8. The minimum Gasteiger partial charge on any atom is -0.332 e. The van der Waals surface area contributed by atoms with Crippen molar-refractivity contribution in [2.75, 3.05) is 0 Å². The third-order valence-electron chi connectivity index (χ3n) is 4.72. The molecule has 0 aliphatic rings. The van der Waals surface area contributed by atoms with Crippen LogP contribution in [-0.4, -0.2) is 25.8 Å². The Morgan fingerprint density at radius 2 is 1.80 bits per heavy atom. The third-order valence-corrected chi connectivity index (χ3v) is 4.97. The van der Waals surface area contributed by atoms with Crippen LogP contribution in [0.2, 0.25) is 5.02 Å². The van der Waals surface area contributed by atoms with Crippen molar-refractivity contribution < 1.29 is 4.79 Å². The topological polar surface area (TPSA) is 72.7 Å². The van der Waals surface area contributed by atoms with Gasteiger partial charge in [-0.15, -0.1) is 0 Å². The fourth-order valence-corrected chi connectivity index (χ4v) is 3.33. The molecule has 0 spiro atoms.